The molecule has 0 amide bonds. The van der Waals surface area contributed by atoms with Crippen LogP contribution >= 0.6 is 0 Å². The molecule has 0 bridgehead atoms. The Hall–Kier alpha value is -1.23. The van der Waals surface area contributed by atoms with Gasteiger partial charge in [0.15, 0.2) is 9.84 Å². The lowest BCUT2D eigenvalue weighted by atomic mass is 10.3. The van der Waals surface area contributed by atoms with E-state index in [-0.39, 0.29) is 10.6 Å². The molecule has 72 valence electrons. The molecule has 0 aromatic heterocycles. The van der Waals surface area contributed by atoms with E-state index in [0.717, 1.165) is 0 Å². The van der Waals surface area contributed by atoms with Gasteiger partial charge in [-0.3, -0.25) is 0 Å². The van der Waals surface area contributed by atoms with Gasteiger partial charge in [-0.15, -0.1) is 0 Å². The average Bonchev–Trinajstić information content (AvgIpc) is 2.09. The molecule has 0 aliphatic heterocycles. The van der Waals surface area contributed by atoms with Crippen molar-refractivity contribution < 1.29 is 8.42 Å². The molecule has 4 nitrogen and oxygen atoms in total. The zero-order valence-corrected chi connectivity index (χ0v) is 8.14. The van der Waals surface area contributed by atoms with Gasteiger partial charge in [-0.25, -0.2) is 8.42 Å². The van der Waals surface area contributed by atoms with E-state index >= 15 is 0 Å². The van der Waals surface area contributed by atoms with Gasteiger partial charge < -0.3 is 11.5 Å². The molecule has 0 radical (unpaired) electrons. The van der Waals surface area contributed by atoms with Gasteiger partial charge in [0.05, 0.1) is 22.0 Å². The molecule has 1 rings (SSSR count). The summed E-state index contributed by atoms with van der Waals surface area (Å²) in [5.74, 6) is 0.0658. The smallest absolute Gasteiger partial charge is 0.178 e. The largest absolute Gasteiger partial charge is 0.397 e. The first kappa shape index (κ1) is 9.85. The molecule has 4 N–H and O–H groups in total. The molecule has 0 spiro atoms. The first-order chi connectivity index (χ1) is 5.97. The molecule has 0 saturated heterocycles. The molecule has 13 heavy (non-hydrogen) atoms. The molecule has 0 fully saturated rings. The lowest BCUT2D eigenvalue weighted by Gasteiger charge is -2.04. The first-order valence-electron chi connectivity index (χ1n) is 3.85. The van der Waals surface area contributed by atoms with Gasteiger partial charge in [-0.2, -0.15) is 0 Å². The van der Waals surface area contributed by atoms with Crippen molar-refractivity contribution in [3.05, 3.63) is 18.2 Å². The van der Waals surface area contributed by atoms with Gasteiger partial charge in [0, 0.05) is 0 Å². The number of rotatable bonds is 2. The number of anilines is 2. The predicted molar refractivity (Wildman–Crippen MR) is 53.0 cm³/mol. The molecule has 0 saturated carbocycles. The van der Waals surface area contributed by atoms with E-state index in [0.29, 0.717) is 11.4 Å². The fourth-order valence-electron chi connectivity index (χ4n) is 0.913. The van der Waals surface area contributed by atoms with Crippen LogP contribution in [0.3, 0.4) is 0 Å². The van der Waals surface area contributed by atoms with Crippen LogP contribution in [0, 0.1) is 0 Å². The lowest BCUT2D eigenvalue weighted by Crippen LogP contribution is -2.05. The summed E-state index contributed by atoms with van der Waals surface area (Å²) in [5.41, 5.74) is 11.6. The zero-order valence-electron chi connectivity index (χ0n) is 7.32. The molecular weight excluding hydrogens is 188 g/mol. The van der Waals surface area contributed by atoms with Crippen LogP contribution in [0.5, 0.6) is 0 Å². The zero-order chi connectivity index (χ0) is 10.1. The summed E-state index contributed by atoms with van der Waals surface area (Å²) in [6.07, 6.45) is 0. The normalized spacial score (nSPS) is 11.5. The molecule has 0 aliphatic rings. The van der Waals surface area contributed by atoms with E-state index < -0.39 is 9.84 Å². The first-order valence-corrected chi connectivity index (χ1v) is 5.50. The third-order valence-electron chi connectivity index (χ3n) is 1.80. The van der Waals surface area contributed by atoms with Gasteiger partial charge in [0.1, 0.15) is 0 Å². The summed E-state index contributed by atoms with van der Waals surface area (Å²) in [4.78, 5) is 0.224. The maximum absolute atomic E-state index is 11.4. The molecular formula is C8H12N2O2S. The van der Waals surface area contributed by atoms with Crippen molar-refractivity contribution in [3.8, 4) is 0 Å². The topological polar surface area (TPSA) is 86.2 Å². The number of nitrogen functional groups attached to an aromatic ring is 2. The summed E-state index contributed by atoms with van der Waals surface area (Å²) in [6, 6.07) is 4.34. The number of hydrogen-bond acceptors (Lipinski definition) is 4. The Bertz CT molecular complexity index is 412. The minimum atomic E-state index is -3.17. The van der Waals surface area contributed by atoms with Crippen LogP contribution < -0.4 is 11.5 Å². The Morgan fingerprint density at radius 3 is 2.31 bits per heavy atom. The van der Waals surface area contributed by atoms with Crippen molar-refractivity contribution in [2.24, 2.45) is 0 Å². The molecule has 0 aliphatic carbocycles. The summed E-state index contributed by atoms with van der Waals surface area (Å²) in [6.45, 7) is 1.59. The van der Waals surface area contributed by atoms with Crippen molar-refractivity contribution in [2.75, 3.05) is 17.2 Å². The maximum atomic E-state index is 11.4. The van der Waals surface area contributed by atoms with Crippen LogP contribution in [0.4, 0.5) is 11.4 Å². The third kappa shape index (κ3) is 1.92. The molecule has 0 heterocycles. The number of sulfone groups is 1. The van der Waals surface area contributed by atoms with Crippen molar-refractivity contribution in [1.29, 1.82) is 0 Å². The Morgan fingerprint density at radius 2 is 1.85 bits per heavy atom. The Labute approximate surface area is 77.5 Å². The summed E-state index contributed by atoms with van der Waals surface area (Å²) >= 11 is 0. The fourth-order valence-corrected chi connectivity index (χ4v) is 1.83. The second-order valence-corrected chi connectivity index (χ2v) is 4.97. The van der Waals surface area contributed by atoms with Crippen molar-refractivity contribution in [2.45, 2.75) is 11.8 Å². The van der Waals surface area contributed by atoms with Gasteiger partial charge >= 0.3 is 0 Å². The standard InChI is InChI=1S/C8H12N2O2S/c1-2-13(11,12)6-3-4-7(9)8(10)5-6/h3-5H,2,9-10H2,1H3. The minimum absolute atomic E-state index is 0.0658. The highest BCUT2D eigenvalue weighted by atomic mass is 32.2. The molecule has 0 atom stereocenters. The Morgan fingerprint density at radius 1 is 1.23 bits per heavy atom. The minimum Gasteiger partial charge on any atom is -0.397 e. The SMILES string of the molecule is CCS(=O)(=O)c1ccc(N)c(N)c1. The van der Waals surface area contributed by atoms with Crippen LogP contribution in [0.25, 0.3) is 0 Å². The summed E-state index contributed by atoms with van der Waals surface area (Å²) in [7, 11) is -3.17. The summed E-state index contributed by atoms with van der Waals surface area (Å²) in [5, 5.41) is 0. The molecule has 1 aromatic rings. The number of hydrogen-bond donors (Lipinski definition) is 2. The number of benzene rings is 1. The molecule has 0 unspecified atom stereocenters. The number of nitrogens with two attached hydrogens (primary N) is 2. The van der Waals surface area contributed by atoms with E-state index in [9.17, 15) is 8.42 Å². The highest BCUT2D eigenvalue weighted by Crippen LogP contribution is 2.20. The quantitative estimate of drug-likeness (QED) is 0.686. The maximum Gasteiger partial charge on any atom is 0.178 e. The summed E-state index contributed by atoms with van der Waals surface area (Å²) < 4.78 is 22.7. The highest BCUT2D eigenvalue weighted by molar-refractivity contribution is 7.91. The van der Waals surface area contributed by atoms with E-state index in [1.54, 1.807) is 6.92 Å². The van der Waals surface area contributed by atoms with E-state index in [2.05, 4.69) is 0 Å². The fraction of sp³-hybridized carbons (Fsp3) is 0.250. The monoisotopic (exact) mass is 200 g/mol. The second kappa shape index (κ2) is 3.26. The third-order valence-corrected chi connectivity index (χ3v) is 3.53. The second-order valence-electron chi connectivity index (χ2n) is 2.69. The van der Waals surface area contributed by atoms with Crippen LogP contribution in [-0.4, -0.2) is 14.2 Å². The van der Waals surface area contributed by atoms with E-state index in [1.165, 1.54) is 18.2 Å². The van der Waals surface area contributed by atoms with Crippen molar-refractivity contribution in [1.82, 2.24) is 0 Å². The van der Waals surface area contributed by atoms with Crippen LogP contribution in [0.15, 0.2) is 23.1 Å². The Balaban J connectivity index is 3.27. The average molecular weight is 200 g/mol. The van der Waals surface area contributed by atoms with E-state index in [1.807, 2.05) is 0 Å². The van der Waals surface area contributed by atoms with Crippen LogP contribution in [-0.2, 0) is 9.84 Å². The van der Waals surface area contributed by atoms with Gasteiger partial charge in [0.2, 0.25) is 0 Å². The van der Waals surface area contributed by atoms with Gasteiger partial charge in [-0.1, -0.05) is 6.92 Å². The van der Waals surface area contributed by atoms with Crippen LogP contribution in [0.2, 0.25) is 0 Å². The van der Waals surface area contributed by atoms with E-state index in [4.69, 9.17) is 11.5 Å². The van der Waals surface area contributed by atoms with Crippen molar-refractivity contribution >= 4 is 21.2 Å². The van der Waals surface area contributed by atoms with Gasteiger partial charge in [0.25, 0.3) is 0 Å². The van der Waals surface area contributed by atoms with Crippen molar-refractivity contribution in [3.63, 3.8) is 0 Å². The molecule has 1 aromatic carbocycles. The highest BCUT2D eigenvalue weighted by Gasteiger charge is 2.11. The van der Waals surface area contributed by atoms with Crippen LogP contribution in [0.1, 0.15) is 6.92 Å². The Kier molecular flexibility index (Phi) is 2.47. The van der Waals surface area contributed by atoms with Gasteiger partial charge in [-0.05, 0) is 18.2 Å². The molecule has 5 heteroatoms. The predicted octanol–water partition coefficient (Wildman–Crippen LogP) is 0.645. The lowest BCUT2D eigenvalue weighted by molar-refractivity contribution is 0.597.